The van der Waals surface area contributed by atoms with E-state index in [-0.39, 0.29) is 11.9 Å². The zero-order valence-corrected chi connectivity index (χ0v) is 17.2. The molecule has 30 heavy (non-hydrogen) atoms. The number of imidazole rings is 1. The molecule has 152 valence electrons. The predicted octanol–water partition coefficient (Wildman–Crippen LogP) is 3.46. The first-order valence-electron chi connectivity index (χ1n) is 9.89. The fourth-order valence-electron chi connectivity index (χ4n) is 3.68. The lowest BCUT2D eigenvalue weighted by Gasteiger charge is -2.18. The molecule has 1 aliphatic rings. The second kappa shape index (κ2) is 9.12. The van der Waals surface area contributed by atoms with Crippen LogP contribution in [0.1, 0.15) is 33.6 Å². The van der Waals surface area contributed by atoms with Crippen LogP contribution in [-0.4, -0.2) is 39.5 Å². The van der Waals surface area contributed by atoms with Gasteiger partial charge in [0.2, 0.25) is 0 Å². The third-order valence-corrected chi connectivity index (χ3v) is 5.72. The maximum Gasteiger partial charge on any atom is 0.255 e. The zero-order chi connectivity index (χ0) is 20.9. The van der Waals surface area contributed by atoms with Crippen LogP contribution in [0.2, 0.25) is 5.02 Å². The Balaban J connectivity index is 1.33. The number of hydrogen-bond acceptors (Lipinski definition) is 4. The lowest BCUT2D eigenvalue weighted by Crippen LogP contribution is -2.35. The van der Waals surface area contributed by atoms with E-state index in [1.165, 1.54) is 0 Å². The smallest absolute Gasteiger partial charge is 0.255 e. The lowest BCUT2D eigenvalue weighted by atomic mass is 10.1. The topological polar surface area (TPSA) is 74.0 Å². The van der Waals surface area contributed by atoms with Gasteiger partial charge < -0.3 is 14.8 Å². The van der Waals surface area contributed by atoms with E-state index in [0.29, 0.717) is 42.3 Å². The molecule has 2 aromatic carbocycles. The number of carbonyl (C=O) groups is 1. The molecule has 1 amide bonds. The maximum atomic E-state index is 12.7. The Morgan fingerprint density at radius 2 is 2.03 bits per heavy atom. The number of rotatable bonds is 6. The third kappa shape index (κ3) is 4.54. The van der Waals surface area contributed by atoms with Gasteiger partial charge in [0, 0.05) is 38.4 Å². The van der Waals surface area contributed by atoms with E-state index >= 15 is 0 Å². The van der Waals surface area contributed by atoms with Crippen LogP contribution < -0.4 is 5.32 Å². The summed E-state index contributed by atoms with van der Waals surface area (Å²) in [5.74, 6) is -0.0178. The number of amides is 1. The molecule has 0 spiro atoms. The van der Waals surface area contributed by atoms with Crippen LogP contribution in [0.5, 0.6) is 0 Å². The molecule has 1 atom stereocenters. The van der Waals surface area contributed by atoms with E-state index in [2.05, 4.69) is 20.9 Å². The SMILES string of the molecule is N#Cc1ccc(Cn2cncc2CNC2CCN(C(=O)c3ccccc3Cl)C2)cc1. The molecule has 0 radical (unpaired) electrons. The number of carbonyl (C=O) groups excluding carboxylic acids is 1. The first-order chi connectivity index (χ1) is 14.6. The van der Waals surface area contributed by atoms with E-state index in [0.717, 1.165) is 17.7 Å². The average Bonchev–Trinajstić information content (AvgIpc) is 3.42. The molecule has 7 heteroatoms. The molecule has 0 saturated carbocycles. The summed E-state index contributed by atoms with van der Waals surface area (Å²) in [5.41, 5.74) is 3.41. The van der Waals surface area contributed by atoms with E-state index in [9.17, 15) is 4.79 Å². The number of hydrogen-bond donors (Lipinski definition) is 1. The molecule has 1 aromatic heterocycles. The van der Waals surface area contributed by atoms with Crippen LogP contribution in [0.25, 0.3) is 0 Å². The summed E-state index contributed by atoms with van der Waals surface area (Å²) in [6, 6.07) is 17.1. The molecule has 1 unspecified atom stereocenters. The number of benzene rings is 2. The Hall–Kier alpha value is -3.14. The highest BCUT2D eigenvalue weighted by Gasteiger charge is 2.27. The third-order valence-electron chi connectivity index (χ3n) is 5.39. The number of nitrogens with zero attached hydrogens (tertiary/aromatic N) is 4. The quantitative estimate of drug-likeness (QED) is 0.664. The van der Waals surface area contributed by atoms with Gasteiger partial charge in [0.05, 0.1) is 34.2 Å². The highest BCUT2D eigenvalue weighted by molar-refractivity contribution is 6.33. The van der Waals surface area contributed by atoms with Crippen LogP contribution >= 0.6 is 11.6 Å². The second-order valence-corrected chi connectivity index (χ2v) is 7.83. The van der Waals surface area contributed by atoms with Crippen LogP contribution in [0.3, 0.4) is 0 Å². The first kappa shape index (κ1) is 20.1. The minimum atomic E-state index is -0.0178. The van der Waals surface area contributed by atoms with Crippen molar-refractivity contribution in [2.75, 3.05) is 13.1 Å². The molecule has 1 aliphatic heterocycles. The Morgan fingerprint density at radius 1 is 1.23 bits per heavy atom. The Labute approximate surface area is 180 Å². The molecule has 6 nitrogen and oxygen atoms in total. The van der Waals surface area contributed by atoms with Gasteiger partial charge in [-0.3, -0.25) is 4.79 Å². The summed E-state index contributed by atoms with van der Waals surface area (Å²) >= 11 is 6.17. The minimum Gasteiger partial charge on any atom is -0.337 e. The van der Waals surface area contributed by atoms with E-state index < -0.39 is 0 Å². The zero-order valence-electron chi connectivity index (χ0n) is 16.5. The fourth-order valence-corrected chi connectivity index (χ4v) is 3.90. The van der Waals surface area contributed by atoms with Crippen LogP contribution in [0.15, 0.2) is 61.1 Å². The van der Waals surface area contributed by atoms with Crippen molar-refractivity contribution in [3.8, 4) is 6.07 Å². The average molecular weight is 420 g/mol. The number of likely N-dealkylation sites (tertiary alicyclic amines) is 1. The van der Waals surface area contributed by atoms with Crippen LogP contribution in [0.4, 0.5) is 0 Å². The van der Waals surface area contributed by atoms with Crippen LogP contribution in [0, 0.1) is 11.3 Å². The van der Waals surface area contributed by atoms with Gasteiger partial charge >= 0.3 is 0 Å². The van der Waals surface area contributed by atoms with Gasteiger partial charge in [-0.25, -0.2) is 4.98 Å². The van der Waals surface area contributed by atoms with Gasteiger partial charge in [0.15, 0.2) is 0 Å². The summed E-state index contributed by atoms with van der Waals surface area (Å²) in [6.45, 7) is 2.75. The highest BCUT2D eigenvalue weighted by Crippen LogP contribution is 2.20. The van der Waals surface area contributed by atoms with Gasteiger partial charge in [-0.1, -0.05) is 35.9 Å². The molecule has 2 heterocycles. The molecule has 3 aromatic rings. The summed E-state index contributed by atoms with van der Waals surface area (Å²) < 4.78 is 2.09. The molecule has 0 aliphatic carbocycles. The molecular weight excluding hydrogens is 398 g/mol. The number of halogens is 1. The maximum absolute atomic E-state index is 12.7. The summed E-state index contributed by atoms with van der Waals surface area (Å²) in [4.78, 5) is 18.9. The van der Waals surface area contributed by atoms with Crippen molar-refractivity contribution in [2.24, 2.45) is 0 Å². The van der Waals surface area contributed by atoms with E-state index in [1.54, 1.807) is 12.1 Å². The van der Waals surface area contributed by atoms with Gasteiger partial charge in [0.25, 0.3) is 5.91 Å². The predicted molar refractivity (Wildman–Crippen MR) is 115 cm³/mol. The normalized spacial score (nSPS) is 15.9. The van der Waals surface area contributed by atoms with Crippen molar-refractivity contribution in [2.45, 2.75) is 25.6 Å². The molecule has 1 N–H and O–H groups in total. The van der Waals surface area contributed by atoms with Crippen LogP contribution in [-0.2, 0) is 13.1 Å². The summed E-state index contributed by atoms with van der Waals surface area (Å²) in [6.07, 6.45) is 4.58. The minimum absolute atomic E-state index is 0.0178. The molecule has 1 saturated heterocycles. The van der Waals surface area contributed by atoms with Crippen molar-refractivity contribution in [3.05, 3.63) is 88.5 Å². The summed E-state index contributed by atoms with van der Waals surface area (Å²) in [7, 11) is 0. The largest absolute Gasteiger partial charge is 0.337 e. The number of nitriles is 1. The van der Waals surface area contributed by atoms with Crippen molar-refractivity contribution in [1.82, 2.24) is 19.8 Å². The highest BCUT2D eigenvalue weighted by atomic mass is 35.5. The fraction of sp³-hybridized carbons (Fsp3) is 0.261. The first-order valence-corrected chi connectivity index (χ1v) is 10.3. The van der Waals surface area contributed by atoms with Crippen molar-refractivity contribution < 1.29 is 4.79 Å². The molecule has 4 rings (SSSR count). The van der Waals surface area contributed by atoms with Gasteiger partial charge in [0.1, 0.15) is 0 Å². The van der Waals surface area contributed by atoms with Gasteiger partial charge in [-0.05, 0) is 36.2 Å². The summed E-state index contributed by atoms with van der Waals surface area (Å²) in [5, 5.41) is 13.0. The number of nitrogens with one attached hydrogen (secondary N) is 1. The van der Waals surface area contributed by atoms with Gasteiger partial charge in [-0.2, -0.15) is 5.26 Å². The Kier molecular flexibility index (Phi) is 6.12. The van der Waals surface area contributed by atoms with Crippen molar-refractivity contribution >= 4 is 17.5 Å². The molecule has 0 bridgehead atoms. The van der Waals surface area contributed by atoms with Crippen molar-refractivity contribution in [1.29, 1.82) is 5.26 Å². The van der Waals surface area contributed by atoms with E-state index in [4.69, 9.17) is 16.9 Å². The van der Waals surface area contributed by atoms with Crippen molar-refractivity contribution in [3.63, 3.8) is 0 Å². The Bertz CT molecular complexity index is 1070. The molecular formula is C23H22ClN5O. The standard InChI is InChI=1S/C23H22ClN5O/c24-22-4-2-1-3-21(22)23(30)28-10-9-19(15-28)27-13-20-12-26-16-29(20)14-18-7-5-17(11-25)6-8-18/h1-8,12,16,19,27H,9-10,13-15H2. The van der Waals surface area contributed by atoms with E-state index in [1.807, 2.05) is 53.8 Å². The Morgan fingerprint density at radius 3 is 2.80 bits per heavy atom. The lowest BCUT2D eigenvalue weighted by molar-refractivity contribution is 0.0789. The second-order valence-electron chi connectivity index (χ2n) is 7.42. The molecule has 1 fully saturated rings. The van der Waals surface area contributed by atoms with Gasteiger partial charge in [-0.15, -0.1) is 0 Å². The number of aromatic nitrogens is 2. The monoisotopic (exact) mass is 419 g/mol.